The van der Waals surface area contributed by atoms with Gasteiger partial charge in [-0.3, -0.25) is 4.79 Å². The molecule has 0 heterocycles. The zero-order valence-electron chi connectivity index (χ0n) is 7.05. The molecule has 0 fully saturated rings. The molecule has 1 aromatic rings. The Hall–Kier alpha value is -0.790. The predicted octanol–water partition coefficient (Wildman–Crippen LogP) is 3.60. The van der Waals surface area contributed by atoms with Gasteiger partial charge in [-0.1, -0.05) is 29.3 Å². The lowest BCUT2D eigenvalue weighted by Crippen LogP contribution is -1.80. The van der Waals surface area contributed by atoms with Gasteiger partial charge in [0.1, 0.15) is 0 Å². The fourth-order valence-corrected chi connectivity index (χ4v) is 1.43. The largest absolute Gasteiger partial charge is 0.295 e. The van der Waals surface area contributed by atoms with Crippen LogP contribution < -0.4 is 0 Å². The summed E-state index contributed by atoms with van der Waals surface area (Å²) in [5.74, 6) is -0.00361. The van der Waals surface area contributed by atoms with Gasteiger partial charge in [0.15, 0.2) is 5.78 Å². The first-order valence-corrected chi connectivity index (χ1v) is 4.48. The topological polar surface area (TPSA) is 17.1 Å². The molecule has 0 atom stereocenters. The third-order valence-electron chi connectivity index (χ3n) is 1.40. The van der Waals surface area contributed by atoms with Crippen molar-refractivity contribution in [2.24, 2.45) is 0 Å². The first-order chi connectivity index (χ1) is 6.08. The minimum atomic E-state index is -0.00361. The molecule has 0 spiro atoms. The van der Waals surface area contributed by atoms with Gasteiger partial charge >= 0.3 is 0 Å². The van der Waals surface area contributed by atoms with Crippen molar-refractivity contribution in [3.05, 3.63) is 39.9 Å². The van der Waals surface area contributed by atoms with Gasteiger partial charge in [-0.15, -0.1) is 0 Å². The molecule has 1 aromatic carbocycles. The van der Waals surface area contributed by atoms with Crippen molar-refractivity contribution >= 4 is 35.1 Å². The summed E-state index contributed by atoms with van der Waals surface area (Å²) in [4.78, 5) is 10.6. The highest BCUT2D eigenvalue weighted by molar-refractivity contribution is 6.34. The van der Waals surface area contributed by atoms with Crippen LogP contribution in [0.2, 0.25) is 10.0 Å². The van der Waals surface area contributed by atoms with E-state index < -0.39 is 0 Å². The standard InChI is InChI=1S/C10H8Cl2O/c1-7(13)2-3-8-4-9(11)6-10(12)5-8/h2-6H,1H3. The van der Waals surface area contributed by atoms with E-state index in [2.05, 4.69) is 0 Å². The van der Waals surface area contributed by atoms with Crippen LogP contribution in [-0.4, -0.2) is 5.78 Å². The van der Waals surface area contributed by atoms with Gasteiger partial charge in [0.05, 0.1) is 0 Å². The molecule has 0 aromatic heterocycles. The fourth-order valence-electron chi connectivity index (χ4n) is 0.885. The predicted molar refractivity (Wildman–Crippen MR) is 56.2 cm³/mol. The van der Waals surface area contributed by atoms with Gasteiger partial charge in [-0.2, -0.15) is 0 Å². The van der Waals surface area contributed by atoms with Crippen molar-refractivity contribution < 1.29 is 4.79 Å². The van der Waals surface area contributed by atoms with Crippen molar-refractivity contribution in [2.45, 2.75) is 6.92 Å². The summed E-state index contributed by atoms with van der Waals surface area (Å²) in [6.07, 6.45) is 3.15. The Morgan fingerprint density at radius 2 is 1.77 bits per heavy atom. The van der Waals surface area contributed by atoms with Crippen molar-refractivity contribution in [2.75, 3.05) is 0 Å². The Balaban J connectivity index is 2.95. The molecule has 0 aliphatic rings. The second kappa shape index (κ2) is 4.45. The maximum absolute atomic E-state index is 10.6. The third-order valence-corrected chi connectivity index (χ3v) is 1.83. The molecule has 1 rings (SSSR count). The number of halogens is 2. The molecule has 0 aliphatic heterocycles. The quantitative estimate of drug-likeness (QED) is 0.689. The zero-order chi connectivity index (χ0) is 9.84. The lowest BCUT2D eigenvalue weighted by molar-refractivity contribution is -0.112. The molecule has 0 N–H and O–H groups in total. The molecule has 0 unspecified atom stereocenters. The molecule has 1 nitrogen and oxygen atoms in total. The molecule has 0 bridgehead atoms. The number of carbonyl (C=O) groups is 1. The number of carbonyl (C=O) groups excluding carboxylic acids is 1. The van der Waals surface area contributed by atoms with E-state index in [4.69, 9.17) is 23.2 Å². The van der Waals surface area contributed by atoms with Crippen LogP contribution in [0.25, 0.3) is 6.08 Å². The average molecular weight is 215 g/mol. The van der Waals surface area contributed by atoms with Crippen LogP contribution >= 0.6 is 23.2 Å². The average Bonchev–Trinajstić information content (AvgIpc) is 1.99. The van der Waals surface area contributed by atoms with Crippen LogP contribution in [0.5, 0.6) is 0 Å². The van der Waals surface area contributed by atoms with E-state index in [0.29, 0.717) is 10.0 Å². The van der Waals surface area contributed by atoms with E-state index in [1.54, 1.807) is 24.3 Å². The Morgan fingerprint density at radius 3 is 2.23 bits per heavy atom. The second-order valence-electron chi connectivity index (χ2n) is 2.65. The van der Waals surface area contributed by atoms with Crippen LogP contribution in [0, 0.1) is 0 Å². The lowest BCUT2D eigenvalue weighted by atomic mass is 10.2. The van der Waals surface area contributed by atoms with E-state index in [-0.39, 0.29) is 5.78 Å². The highest BCUT2D eigenvalue weighted by Crippen LogP contribution is 2.19. The third kappa shape index (κ3) is 3.62. The first kappa shape index (κ1) is 10.3. The number of hydrogen-bond acceptors (Lipinski definition) is 1. The maximum Gasteiger partial charge on any atom is 0.152 e. The molecule has 0 aliphatic carbocycles. The number of rotatable bonds is 2. The van der Waals surface area contributed by atoms with E-state index in [9.17, 15) is 4.79 Å². The minimum absolute atomic E-state index is 0.00361. The molecule has 0 amide bonds. The van der Waals surface area contributed by atoms with E-state index >= 15 is 0 Å². The van der Waals surface area contributed by atoms with Gasteiger partial charge in [-0.05, 0) is 36.8 Å². The molecule has 0 saturated heterocycles. The summed E-state index contributed by atoms with van der Waals surface area (Å²) < 4.78 is 0. The SMILES string of the molecule is CC(=O)C=Cc1cc(Cl)cc(Cl)c1. The van der Waals surface area contributed by atoms with E-state index in [0.717, 1.165) is 5.56 Å². The van der Waals surface area contributed by atoms with Crippen LogP contribution in [0.3, 0.4) is 0 Å². The Labute approximate surface area is 87.0 Å². The Bertz CT molecular complexity index is 336. The van der Waals surface area contributed by atoms with Crippen molar-refractivity contribution in [1.29, 1.82) is 0 Å². The molecular weight excluding hydrogens is 207 g/mol. The molecule has 0 radical (unpaired) electrons. The highest BCUT2D eigenvalue weighted by atomic mass is 35.5. The Morgan fingerprint density at radius 1 is 1.23 bits per heavy atom. The van der Waals surface area contributed by atoms with Crippen LogP contribution in [0.15, 0.2) is 24.3 Å². The fraction of sp³-hybridized carbons (Fsp3) is 0.100. The van der Waals surface area contributed by atoms with Crippen LogP contribution in [0.4, 0.5) is 0 Å². The van der Waals surface area contributed by atoms with Crippen molar-refractivity contribution in [3.8, 4) is 0 Å². The molecule has 0 saturated carbocycles. The van der Waals surface area contributed by atoms with E-state index in [1.165, 1.54) is 13.0 Å². The minimum Gasteiger partial charge on any atom is -0.295 e. The van der Waals surface area contributed by atoms with Crippen molar-refractivity contribution in [1.82, 2.24) is 0 Å². The van der Waals surface area contributed by atoms with Crippen LogP contribution in [0.1, 0.15) is 12.5 Å². The van der Waals surface area contributed by atoms with Gasteiger partial charge < -0.3 is 0 Å². The monoisotopic (exact) mass is 214 g/mol. The summed E-state index contributed by atoms with van der Waals surface area (Å²) in [6.45, 7) is 1.49. The summed E-state index contributed by atoms with van der Waals surface area (Å²) >= 11 is 11.5. The molecule has 3 heteroatoms. The summed E-state index contributed by atoms with van der Waals surface area (Å²) in [6, 6.07) is 5.13. The maximum atomic E-state index is 10.6. The number of ketones is 1. The molecule has 13 heavy (non-hydrogen) atoms. The Kier molecular flexibility index (Phi) is 3.52. The lowest BCUT2D eigenvalue weighted by Gasteiger charge is -1.96. The molecular formula is C10H8Cl2O. The smallest absolute Gasteiger partial charge is 0.152 e. The van der Waals surface area contributed by atoms with Gasteiger partial charge in [-0.25, -0.2) is 0 Å². The van der Waals surface area contributed by atoms with E-state index in [1.807, 2.05) is 0 Å². The first-order valence-electron chi connectivity index (χ1n) is 3.72. The number of benzene rings is 1. The summed E-state index contributed by atoms with van der Waals surface area (Å²) in [5.41, 5.74) is 0.827. The van der Waals surface area contributed by atoms with Gasteiger partial charge in [0.2, 0.25) is 0 Å². The van der Waals surface area contributed by atoms with Crippen LogP contribution in [-0.2, 0) is 4.79 Å². The normalized spacial score (nSPS) is 10.7. The number of hydrogen-bond donors (Lipinski definition) is 0. The summed E-state index contributed by atoms with van der Waals surface area (Å²) in [7, 11) is 0. The van der Waals surface area contributed by atoms with Gasteiger partial charge in [0, 0.05) is 10.0 Å². The summed E-state index contributed by atoms with van der Waals surface area (Å²) in [5, 5.41) is 1.13. The number of allylic oxidation sites excluding steroid dienone is 1. The molecule has 68 valence electrons. The second-order valence-corrected chi connectivity index (χ2v) is 3.52. The highest BCUT2D eigenvalue weighted by Gasteiger charge is 1.94. The zero-order valence-corrected chi connectivity index (χ0v) is 8.56. The van der Waals surface area contributed by atoms with Crippen molar-refractivity contribution in [3.63, 3.8) is 0 Å². The van der Waals surface area contributed by atoms with Gasteiger partial charge in [0.25, 0.3) is 0 Å².